The Labute approximate surface area is 140 Å². The van der Waals surface area contributed by atoms with Crippen LogP contribution in [0, 0.1) is 18.8 Å². The molecule has 6 heteroatoms. The first-order valence-electron chi connectivity index (χ1n) is 8.63. The summed E-state index contributed by atoms with van der Waals surface area (Å²) in [7, 11) is 0. The van der Waals surface area contributed by atoms with E-state index in [1.807, 2.05) is 22.1 Å². The third-order valence-corrected chi connectivity index (χ3v) is 6.35. The number of hydrogen-bond acceptors (Lipinski definition) is 4. The third kappa shape index (κ3) is 2.77. The van der Waals surface area contributed by atoms with Crippen LogP contribution in [0.4, 0.5) is 0 Å². The fourth-order valence-electron chi connectivity index (χ4n) is 4.03. The predicted molar refractivity (Wildman–Crippen MR) is 88.3 cm³/mol. The minimum atomic E-state index is 0.0435. The highest BCUT2D eigenvalue weighted by Crippen LogP contribution is 2.33. The molecule has 0 unspecified atom stereocenters. The van der Waals surface area contributed by atoms with Crippen LogP contribution in [-0.4, -0.2) is 52.3 Å². The predicted octanol–water partition coefficient (Wildman–Crippen LogP) is 2.31. The molecule has 2 bridgehead atoms. The Hall–Kier alpha value is -1.43. The molecule has 1 aromatic heterocycles. The zero-order valence-corrected chi connectivity index (χ0v) is 14.3. The molecule has 23 heavy (non-hydrogen) atoms. The zero-order valence-electron chi connectivity index (χ0n) is 13.5. The second-order valence-electron chi connectivity index (χ2n) is 7.18. The second kappa shape index (κ2) is 5.89. The Kier molecular flexibility index (Phi) is 3.87. The summed E-state index contributed by atoms with van der Waals surface area (Å²) >= 11 is 1.52. The Balaban J connectivity index is 1.51. The van der Waals surface area contributed by atoms with Gasteiger partial charge < -0.3 is 9.80 Å². The van der Waals surface area contributed by atoms with E-state index in [0.29, 0.717) is 24.1 Å². The number of fused-ring (bicyclic) bond motifs is 4. The first-order valence-corrected chi connectivity index (χ1v) is 9.51. The van der Waals surface area contributed by atoms with Crippen LogP contribution >= 0.6 is 11.3 Å². The summed E-state index contributed by atoms with van der Waals surface area (Å²) in [5, 5.41) is 2.78. The van der Waals surface area contributed by atoms with Gasteiger partial charge in [0.25, 0.3) is 5.91 Å². The average molecular weight is 333 g/mol. The van der Waals surface area contributed by atoms with Crippen LogP contribution in [0.3, 0.4) is 0 Å². The lowest BCUT2D eigenvalue weighted by atomic mass is 9.84. The first kappa shape index (κ1) is 15.1. The molecule has 0 spiro atoms. The Morgan fingerprint density at radius 1 is 1.17 bits per heavy atom. The molecule has 124 valence electrons. The van der Waals surface area contributed by atoms with Crippen LogP contribution in [0.1, 0.15) is 47.6 Å². The fourth-order valence-corrected chi connectivity index (χ4v) is 4.62. The minimum Gasteiger partial charge on any atom is -0.340 e. The van der Waals surface area contributed by atoms with Crippen molar-refractivity contribution < 1.29 is 9.59 Å². The summed E-state index contributed by atoms with van der Waals surface area (Å²) in [5.41, 5.74) is 0.567. The molecule has 1 aliphatic carbocycles. The van der Waals surface area contributed by atoms with Crippen LogP contribution < -0.4 is 0 Å². The van der Waals surface area contributed by atoms with E-state index in [1.54, 1.807) is 0 Å². The van der Waals surface area contributed by atoms with Crippen LogP contribution in [0.25, 0.3) is 0 Å². The number of amides is 2. The fraction of sp³-hybridized carbons (Fsp3) is 0.706. The Morgan fingerprint density at radius 2 is 2.00 bits per heavy atom. The van der Waals surface area contributed by atoms with E-state index in [1.165, 1.54) is 17.8 Å². The van der Waals surface area contributed by atoms with Crippen molar-refractivity contribution in [2.24, 2.45) is 11.8 Å². The van der Waals surface area contributed by atoms with E-state index < -0.39 is 0 Å². The van der Waals surface area contributed by atoms with Crippen molar-refractivity contribution in [3.8, 4) is 0 Å². The van der Waals surface area contributed by atoms with Gasteiger partial charge in [-0.1, -0.05) is 6.42 Å². The van der Waals surface area contributed by atoms with Crippen molar-refractivity contribution in [1.82, 2.24) is 14.8 Å². The van der Waals surface area contributed by atoms with Crippen molar-refractivity contribution in [2.75, 3.05) is 19.6 Å². The highest BCUT2D eigenvalue weighted by atomic mass is 32.1. The molecule has 4 aliphatic rings. The molecular weight excluding hydrogens is 310 g/mol. The number of rotatable bonds is 2. The summed E-state index contributed by atoms with van der Waals surface area (Å²) in [6.07, 6.45) is 5.41. The summed E-state index contributed by atoms with van der Waals surface area (Å²) < 4.78 is 0. The van der Waals surface area contributed by atoms with Crippen molar-refractivity contribution in [2.45, 2.75) is 45.1 Å². The SMILES string of the molecule is Cc1nc(C(=O)N2C[C@H]3CC[C@@H]2CN(C(=O)C2CCC2)C3)cs1. The third-order valence-electron chi connectivity index (χ3n) is 5.58. The Morgan fingerprint density at radius 3 is 2.65 bits per heavy atom. The van der Waals surface area contributed by atoms with Gasteiger partial charge in [0.2, 0.25) is 5.91 Å². The van der Waals surface area contributed by atoms with E-state index in [4.69, 9.17) is 0 Å². The molecule has 0 aromatic carbocycles. The van der Waals surface area contributed by atoms with E-state index in [9.17, 15) is 9.59 Å². The maximum Gasteiger partial charge on any atom is 0.273 e. The molecule has 3 aliphatic heterocycles. The molecule has 1 aromatic rings. The highest BCUT2D eigenvalue weighted by molar-refractivity contribution is 7.09. The van der Waals surface area contributed by atoms with Gasteiger partial charge in [0.05, 0.1) is 5.01 Å². The molecular formula is C17H23N3O2S. The number of aromatic nitrogens is 1. The summed E-state index contributed by atoms with van der Waals surface area (Å²) in [6, 6.07) is 0.160. The zero-order chi connectivity index (χ0) is 16.0. The monoisotopic (exact) mass is 333 g/mol. The maximum atomic E-state index is 12.8. The number of piperidine rings is 1. The van der Waals surface area contributed by atoms with Gasteiger partial charge in [0.1, 0.15) is 5.69 Å². The summed E-state index contributed by atoms with van der Waals surface area (Å²) in [4.78, 5) is 33.8. The van der Waals surface area contributed by atoms with Gasteiger partial charge in [-0.15, -0.1) is 11.3 Å². The molecule has 2 amide bonds. The van der Waals surface area contributed by atoms with Gasteiger partial charge in [-0.25, -0.2) is 4.98 Å². The van der Waals surface area contributed by atoms with E-state index in [0.717, 1.165) is 43.8 Å². The van der Waals surface area contributed by atoms with Crippen molar-refractivity contribution >= 4 is 23.2 Å². The van der Waals surface area contributed by atoms with Gasteiger partial charge in [-0.2, -0.15) is 0 Å². The van der Waals surface area contributed by atoms with E-state index in [2.05, 4.69) is 4.98 Å². The normalized spacial score (nSPS) is 27.7. The average Bonchev–Trinajstić information content (AvgIpc) is 2.72. The minimum absolute atomic E-state index is 0.0435. The Bertz CT molecular complexity index is 625. The lowest BCUT2D eigenvalue weighted by Gasteiger charge is -2.35. The van der Waals surface area contributed by atoms with Gasteiger partial charge in [0.15, 0.2) is 0 Å². The number of carbonyl (C=O) groups excluding carboxylic acids is 2. The van der Waals surface area contributed by atoms with Crippen LogP contribution in [0.15, 0.2) is 5.38 Å². The van der Waals surface area contributed by atoms with Crippen molar-refractivity contribution in [3.63, 3.8) is 0 Å². The number of thiazole rings is 1. The molecule has 0 radical (unpaired) electrons. The van der Waals surface area contributed by atoms with Gasteiger partial charge >= 0.3 is 0 Å². The van der Waals surface area contributed by atoms with Crippen LogP contribution in [0.2, 0.25) is 0 Å². The standard InChI is InChI=1S/C17H23N3O2S/c1-11-18-15(10-23-11)17(22)20-8-12-5-6-14(20)9-19(7-12)16(21)13-3-2-4-13/h10,12-14H,2-9H2,1H3/t12-,14+/m0/s1. The van der Waals surface area contributed by atoms with Crippen LogP contribution in [-0.2, 0) is 4.79 Å². The molecule has 2 atom stereocenters. The van der Waals surface area contributed by atoms with E-state index in [-0.39, 0.29) is 17.9 Å². The van der Waals surface area contributed by atoms with Gasteiger partial charge in [-0.05, 0) is 38.5 Å². The second-order valence-corrected chi connectivity index (χ2v) is 8.24. The summed E-state index contributed by atoms with van der Waals surface area (Å²) in [5.74, 6) is 1.04. The molecule has 3 saturated heterocycles. The number of nitrogens with zero attached hydrogens (tertiary/aromatic N) is 3. The topological polar surface area (TPSA) is 53.5 Å². The van der Waals surface area contributed by atoms with E-state index >= 15 is 0 Å². The van der Waals surface area contributed by atoms with Crippen LogP contribution in [0.5, 0.6) is 0 Å². The molecule has 4 fully saturated rings. The van der Waals surface area contributed by atoms with Gasteiger partial charge in [-0.3, -0.25) is 9.59 Å². The number of hydrogen-bond donors (Lipinski definition) is 0. The lowest BCUT2D eigenvalue weighted by Crippen LogP contribution is -2.48. The molecule has 5 nitrogen and oxygen atoms in total. The number of carbonyl (C=O) groups is 2. The molecule has 4 heterocycles. The molecule has 1 saturated carbocycles. The largest absolute Gasteiger partial charge is 0.340 e. The van der Waals surface area contributed by atoms with Crippen molar-refractivity contribution in [3.05, 3.63) is 16.1 Å². The van der Waals surface area contributed by atoms with Gasteiger partial charge in [0, 0.05) is 37.0 Å². The number of aryl methyl sites for hydroxylation is 1. The van der Waals surface area contributed by atoms with Crippen molar-refractivity contribution in [1.29, 1.82) is 0 Å². The lowest BCUT2D eigenvalue weighted by molar-refractivity contribution is -0.138. The highest BCUT2D eigenvalue weighted by Gasteiger charge is 2.41. The molecule has 5 rings (SSSR count). The smallest absolute Gasteiger partial charge is 0.273 e. The molecule has 0 N–H and O–H groups in total. The summed E-state index contributed by atoms with van der Waals surface area (Å²) in [6.45, 7) is 4.23. The quantitative estimate of drug-likeness (QED) is 0.834. The first-order chi connectivity index (χ1) is 11.1. The maximum absolute atomic E-state index is 12.8.